The number of carbonyl (C=O) groups excluding carboxylic acids is 1. The first-order valence-corrected chi connectivity index (χ1v) is 6.73. The number of rotatable bonds is 2. The summed E-state index contributed by atoms with van der Waals surface area (Å²) in [7, 11) is 1.85. The van der Waals surface area contributed by atoms with Crippen LogP contribution in [0.2, 0.25) is 0 Å². The van der Waals surface area contributed by atoms with Gasteiger partial charge in [-0.1, -0.05) is 19.1 Å². The van der Waals surface area contributed by atoms with Crippen molar-refractivity contribution in [1.82, 2.24) is 0 Å². The fourth-order valence-corrected chi connectivity index (χ4v) is 2.98. The summed E-state index contributed by atoms with van der Waals surface area (Å²) < 4.78 is 0. The number of nitrogens with zero attached hydrogens (tertiary/aromatic N) is 1. The highest BCUT2D eigenvalue weighted by Gasteiger charge is 2.38. The normalized spacial score (nSPS) is 27.9. The van der Waals surface area contributed by atoms with Crippen molar-refractivity contribution in [3.8, 4) is 0 Å². The zero-order chi connectivity index (χ0) is 12.9. The Balaban J connectivity index is 1.89. The average molecular weight is 244 g/mol. The van der Waals surface area contributed by atoms with E-state index < -0.39 is 0 Å². The maximum atomic E-state index is 11.6. The smallest absolute Gasteiger partial charge is 0.227 e. The second kappa shape index (κ2) is 4.09. The maximum absolute atomic E-state index is 11.6. The lowest BCUT2D eigenvalue weighted by Gasteiger charge is -2.27. The fourth-order valence-electron chi connectivity index (χ4n) is 2.98. The Kier molecular flexibility index (Phi) is 2.67. The number of hydrogen-bond acceptors (Lipinski definition) is 2. The first kappa shape index (κ1) is 11.7. The van der Waals surface area contributed by atoms with Crippen LogP contribution in [0.3, 0.4) is 0 Å². The third kappa shape index (κ3) is 1.83. The van der Waals surface area contributed by atoms with Gasteiger partial charge in [0.1, 0.15) is 0 Å². The van der Waals surface area contributed by atoms with E-state index >= 15 is 0 Å². The van der Waals surface area contributed by atoms with Gasteiger partial charge in [-0.05, 0) is 41.9 Å². The predicted octanol–water partition coefficient (Wildman–Crippen LogP) is 2.25. The molecule has 1 heterocycles. The number of aryl methyl sites for hydroxylation is 1. The highest BCUT2D eigenvalue weighted by atomic mass is 16.2. The highest BCUT2D eigenvalue weighted by molar-refractivity contribution is 5.95. The number of carbonyl (C=O) groups is 1. The van der Waals surface area contributed by atoms with Gasteiger partial charge in [-0.3, -0.25) is 4.79 Å². The molecule has 2 aliphatic rings. The Morgan fingerprint density at radius 1 is 1.39 bits per heavy atom. The molecule has 1 fully saturated rings. The van der Waals surface area contributed by atoms with Crippen LogP contribution in [0.1, 0.15) is 36.9 Å². The summed E-state index contributed by atoms with van der Waals surface area (Å²) in [5.74, 6) is 1.61. The molecular formula is C15H20N2O. The Bertz CT molecular complexity index is 497. The van der Waals surface area contributed by atoms with Crippen molar-refractivity contribution >= 4 is 11.6 Å². The molecule has 1 aromatic rings. The summed E-state index contributed by atoms with van der Waals surface area (Å²) in [4.78, 5) is 13.4. The molecule has 3 heteroatoms. The first-order chi connectivity index (χ1) is 8.58. The quantitative estimate of drug-likeness (QED) is 0.867. The molecule has 3 unspecified atom stereocenters. The summed E-state index contributed by atoms with van der Waals surface area (Å²) in [6, 6.07) is 6.50. The van der Waals surface area contributed by atoms with Crippen LogP contribution >= 0.6 is 0 Å². The second-order valence-corrected chi connectivity index (χ2v) is 5.74. The highest BCUT2D eigenvalue weighted by Crippen LogP contribution is 2.46. The number of fused-ring (bicyclic) bond motifs is 1. The molecule has 2 N–H and O–H groups in total. The molecule has 3 nitrogen and oxygen atoms in total. The Labute approximate surface area is 108 Å². The van der Waals surface area contributed by atoms with Crippen LogP contribution in [0.25, 0.3) is 0 Å². The molecule has 96 valence electrons. The number of benzene rings is 1. The summed E-state index contributed by atoms with van der Waals surface area (Å²) in [5.41, 5.74) is 9.84. The van der Waals surface area contributed by atoms with Crippen molar-refractivity contribution in [3.63, 3.8) is 0 Å². The van der Waals surface area contributed by atoms with E-state index in [2.05, 4.69) is 25.1 Å². The van der Waals surface area contributed by atoms with Crippen molar-refractivity contribution < 1.29 is 4.79 Å². The molecule has 0 aromatic heterocycles. The van der Waals surface area contributed by atoms with Crippen LogP contribution in [0.4, 0.5) is 5.69 Å². The van der Waals surface area contributed by atoms with E-state index in [1.165, 1.54) is 17.5 Å². The predicted molar refractivity (Wildman–Crippen MR) is 72.4 cm³/mol. The topological polar surface area (TPSA) is 46.3 Å². The van der Waals surface area contributed by atoms with E-state index in [0.717, 1.165) is 18.0 Å². The van der Waals surface area contributed by atoms with Gasteiger partial charge in [0.05, 0.1) is 0 Å². The number of anilines is 1. The van der Waals surface area contributed by atoms with E-state index in [4.69, 9.17) is 5.73 Å². The largest absolute Gasteiger partial charge is 0.324 e. The minimum Gasteiger partial charge on any atom is -0.324 e. The third-order valence-electron chi connectivity index (χ3n) is 4.47. The van der Waals surface area contributed by atoms with Crippen molar-refractivity contribution in [2.75, 3.05) is 11.9 Å². The van der Waals surface area contributed by atoms with E-state index in [-0.39, 0.29) is 11.9 Å². The fraction of sp³-hybridized carbons (Fsp3) is 0.533. The molecule has 0 spiro atoms. The second-order valence-electron chi connectivity index (χ2n) is 5.74. The SMILES string of the molecule is CC1CC1C(N)c1ccc2c(c1)CCC(=O)N2C. The molecule has 1 aromatic carbocycles. The molecule has 0 radical (unpaired) electrons. The van der Waals surface area contributed by atoms with Gasteiger partial charge in [0.25, 0.3) is 0 Å². The van der Waals surface area contributed by atoms with E-state index in [1.807, 2.05) is 7.05 Å². The average Bonchev–Trinajstić information content (AvgIpc) is 3.10. The van der Waals surface area contributed by atoms with Crippen LogP contribution in [0, 0.1) is 11.8 Å². The number of amides is 1. The lowest BCUT2D eigenvalue weighted by Crippen LogP contribution is -2.31. The molecule has 1 aliphatic heterocycles. The first-order valence-electron chi connectivity index (χ1n) is 6.73. The molecule has 1 saturated carbocycles. The van der Waals surface area contributed by atoms with Crippen LogP contribution < -0.4 is 10.6 Å². The van der Waals surface area contributed by atoms with Crippen LogP contribution in [0.15, 0.2) is 18.2 Å². The molecule has 1 aliphatic carbocycles. The number of hydrogen-bond donors (Lipinski definition) is 1. The monoisotopic (exact) mass is 244 g/mol. The van der Waals surface area contributed by atoms with Crippen molar-refractivity contribution in [1.29, 1.82) is 0 Å². The Morgan fingerprint density at radius 3 is 2.78 bits per heavy atom. The van der Waals surface area contributed by atoms with Crippen LogP contribution in [-0.2, 0) is 11.2 Å². The van der Waals surface area contributed by atoms with E-state index in [0.29, 0.717) is 12.3 Å². The van der Waals surface area contributed by atoms with Gasteiger partial charge < -0.3 is 10.6 Å². The molecule has 1 amide bonds. The van der Waals surface area contributed by atoms with Gasteiger partial charge in [0, 0.05) is 25.2 Å². The summed E-state index contributed by atoms with van der Waals surface area (Å²) in [5, 5.41) is 0. The minimum atomic E-state index is 0.160. The van der Waals surface area contributed by atoms with Gasteiger partial charge >= 0.3 is 0 Å². The number of nitrogens with two attached hydrogens (primary N) is 1. The van der Waals surface area contributed by atoms with Gasteiger partial charge in [-0.2, -0.15) is 0 Å². The third-order valence-corrected chi connectivity index (χ3v) is 4.47. The maximum Gasteiger partial charge on any atom is 0.227 e. The zero-order valence-electron chi connectivity index (χ0n) is 11.0. The van der Waals surface area contributed by atoms with Gasteiger partial charge in [-0.25, -0.2) is 0 Å². The zero-order valence-corrected chi connectivity index (χ0v) is 11.0. The van der Waals surface area contributed by atoms with Crippen molar-refractivity contribution in [2.45, 2.75) is 32.2 Å². The molecule has 0 saturated heterocycles. The Hall–Kier alpha value is -1.35. The lowest BCUT2D eigenvalue weighted by atomic mass is 9.94. The van der Waals surface area contributed by atoms with E-state index in [9.17, 15) is 4.79 Å². The van der Waals surface area contributed by atoms with Gasteiger partial charge in [-0.15, -0.1) is 0 Å². The van der Waals surface area contributed by atoms with Gasteiger partial charge in [0.2, 0.25) is 5.91 Å². The van der Waals surface area contributed by atoms with Crippen LogP contribution in [-0.4, -0.2) is 13.0 Å². The van der Waals surface area contributed by atoms with Crippen molar-refractivity contribution in [3.05, 3.63) is 29.3 Å². The Morgan fingerprint density at radius 2 is 2.11 bits per heavy atom. The van der Waals surface area contributed by atoms with Gasteiger partial charge in [0.15, 0.2) is 0 Å². The van der Waals surface area contributed by atoms with E-state index in [1.54, 1.807) is 4.90 Å². The molecule has 3 rings (SSSR count). The van der Waals surface area contributed by atoms with Crippen LogP contribution in [0.5, 0.6) is 0 Å². The molecule has 18 heavy (non-hydrogen) atoms. The summed E-state index contributed by atoms with van der Waals surface area (Å²) in [6.07, 6.45) is 2.71. The lowest BCUT2D eigenvalue weighted by molar-refractivity contribution is -0.118. The molecular weight excluding hydrogens is 224 g/mol. The molecule has 3 atom stereocenters. The standard InChI is InChI=1S/C15H20N2O/c1-9-7-12(9)15(16)11-3-5-13-10(8-11)4-6-14(18)17(13)2/h3,5,8-9,12,15H,4,6-7,16H2,1-2H3. The summed E-state index contributed by atoms with van der Waals surface area (Å²) in [6.45, 7) is 2.26. The minimum absolute atomic E-state index is 0.160. The molecule has 0 bridgehead atoms. The van der Waals surface area contributed by atoms with Crippen molar-refractivity contribution in [2.24, 2.45) is 17.6 Å². The summed E-state index contributed by atoms with van der Waals surface area (Å²) >= 11 is 0.